The zero-order chi connectivity index (χ0) is 37.7. The molecule has 268 valence electrons. The van der Waals surface area contributed by atoms with E-state index in [1.807, 2.05) is 24.3 Å². The summed E-state index contributed by atoms with van der Waals surface area (Å²) in [5, 5.41) is 4.33. The van der Waals surface area contributed by atoms with E-state index in [9.17, 15) is 0 Å². The smallest absolute Gasteiger partial charge is 0.227 e. The molecule has 0 aliphatic rings. The van der Waals surface area contributed by atoms with Crippen molar-refractivity contribution in [2.45, 2.75) is 0 Å². The van der Waals surface area contributed by atoms with E-state index >= 15 is 0 Å². The first kappa shape index (κ1) is 32.7. The highest BCUT2D eigenvalue weighted by Gasteiger charge is 2.21. The van der Waals surface area contributed by atoms with Crippen LogP contribution < -0.4 is 4.90 Å². The normalized spacial score (nSPS) is 11.5. The maximum atomic E-state index is 6.72. The Balaban J connectivity index is 1.04. The monoisotopic (exact) mass is 730 g/mol. The summed E-state index contributed by atoms with van der Waals surface area (Å²) in [6.07, 6.45) is 0. The summed E-state index contributed by atoms with van der Waals surface area (Å²) in [5.74, 6) is 0.619. The topological polar surface area (TPSA) is 42.4 Å². The fraction of sp³-hybridized carbons (Fsp3) is 0. The molecule has 4 heteroatoms. The molecular weight excluding hydrogens is 697 g/mol. The molecule has 11 rings (SSSR count). The van der Waals surface area contributed by atoms with Crippen LogP contribution in [0.4, 0.5) is 17.1 Å². The molecule has 2 heterocycles. The van der Waals surface area contributed by atoms with Gasteiger partial charge >= 0.3 is 0 Å². The van der Waals surface area contributed by atoms with E-state index in [1.54, 1.807) is 0 Å². The Morgan fingerprint density at radius 2 is 0.895 bits per heavy atom. The number of oxazole rings is 1. The van der Waals surface area contributed by atoms with Gasteiger partial charge < -0.3 is 13.7 Å². The van der Waals surface area contributed by atoms with Crippen LogP contribution >= 0.6 is 0 Å². The lowest BCUT2D eigenvalue weighted by Crippen LogP contribution is -2.10. The predicted molar refractivity (Wildman–Crippen MR) is 235 cm³/mol. The Hall–Kier alpha value is -7.69. The average molecular weight is 731 g/mol. The van der Waals surface area contributed by atoms with Crippen molar-refractivity contribution >= 4 is 60.9 Å². The SMILES string of the molecule is c1ccc(-c2ccc(N(c3ccc(-c4ccccc4)cc3)c3cccc4oc5cc(-c6ccc(-c7nc8ccccc8o7)c7ccccc67)ccc5c34)cc2)cc1. The molecule has 0 fully saturated rings. The summed E-state index contributed by atoms with van der Waals surface area (Å²) < 4.78 is 12.9. The standard InChI is InChI=1S/C53H34N2O2/c1-3-12-35(13-4-1)37-22-27-40(28-23-37)55(41-29-24-38(25-30-41)36-14-5-2-6-15-36)48-19-11-21-50-52(48)46-31-26-39(34-51(46)56-50)42-32-33-45(44-17-8-7-16-43(42)44)53-54-47-18-9-10-20-49(47)57-53/h1-34H. The van der Waals surface area contributed by atoms with Crippen LogP contribution in [-0.2, 0) is 0 Å². The van der Waals surface area contributed by atoms with Crippen molar-refractivity contribution in [1.82, 2.24) is 4.98 Å². The molecule has 0 N–H and O–H groups in total. The van der Waals surface area contributed by atoms with Crippen molar-refractivity contribution in [2.75, 3.05) is 4.90 Å². The molecule has 0 radical (unpaired) electrons. The number of hydrogen-bond donors (Lipinski definition) is 0. The molecular formula is C53H34N2O2. The molecule has 4 nitrogen and oxygen atoms in total. The average Bonchev–Trinajstić information content (AvgIpc) is 3.89. The molecule has 0 aliphatic carbocycles. The van der Waals surface area contributed by atoms with Crippen LogP contribution in [0.1, 0.15) is 0 Å². The van der Waals surface area contributed by atoms with Gasteiger partial charge in [-0.25, -0.2) is 4.98 Å². The Kier molecular flexibility index (Phi) is 7.78. The first-order valence-corrected chi connectivity index (χ1v) is 19.2. The lowest BCUT2D eigenvalue weighted by Gasteiger charge is -2.26. The molecule has 0 aliphatic heterocycles. The summed E-state index contributed by atoms with van der Waals surface area (Å²) in [5.41, 5.74) is 14.4. The van der Waals surface area contributed by atoms with Crippen LogP contribution in [0.25, 0.3) is 88.6 Å². The van der Waals surface area contributed by atoms with Crippen LogP contribution in [0.5, 0.6) is 0 Å². The molecule has 11 aromatic rings. The number of nitrogens with zero attached hydrogens (tertiary/aromatic N) is 2. The molecule has 0 saturated heterocycles. The van der Waals surface area contributed by atoms with Gasteiger partial charge in [0.1, 0.15) is 16.7 Å². The van der Waals surface area contributed by atoms with E-state index in [0.717, 1.165) is 77.6 Å². The molecule has 0 unspecified atom stereocenters. The Labute approximate surface area is 329 Å². The van der Waals surface area contributed by atoms with Gasteiger partial charge in [0.2, 0.25) is 5.89 Å². The number of hydrogen-bond acceptors (Lipinski definition) is 4. The van der Waals surface area contributed by atoms with Gasteiger partial charge in [-0.3, -0.25) is 0 Å². The van der Waals surface area contributed by atoms with E-state index in [1.165, 1.54) is 22.3 Å². The van der Waals surface area contributed by atoms with Gasteiger partial charge in [-0.1, -0.05) is 140 Å². The second-order valence-corrected chi connectivity index (χ2v) is 14.3. The quantitative estimate of drug-likeness (QED) is 0.164. The summed E-state index contributed by atoms with van der Waals surface area (Å²) in [7, 11) is 0. The van der Waals surface area contributed by atoms with Crippen molar-refractivity contribution < 1.29 is 8.83 Å². The third-order valence-corrected chi connectivity index (χ3v) is 10.9. The van der Waals surface area contributed by atoms with Crippen LogP contribution in [0.2, 0.25) is 0 Å². The van der Waals surface area contributed by atoms with Gasteiger partial charge in [0.25, 0.3) is 0 Å². The number of anilines is 3. The molecule has 57 heavy (non-hydrogen) atoms. The number of furan rings is 1. The minimum Gasteiger partial charge on any atom is -0.456 e. The van der Waals surface area contributed by atoms with Crippen LogP contribution in [0.3, 0.4) is 0 Å². The van der Waals surface area contributed by atoms with E-state index in [-0.39, 0.29) is 0 Å². The number of benzene rings is 9. The second-order valence-electron chi connectivity index (χ2n) is 14.3. The maximum Gasteiger partial charge on any atom is 0.227 e. The summed E-state index contributed by atoms with van der Waals surface area (Å²) in [6, 6.07) is 72.3. The molecule has 0 saturated carbocycles. The van der Waals surface area contributed by atoms with Crippen molar-refractivity contribution in [3.05, 3.63) is 206 Å². The number of fused-ring (bicyclic) bond motifs is 5. The van der Waals surface area contributed by atoms with Crippen LogP contribution in [0.15, 0.2) is 215 Å². The van der Waals surface area contributed by atoms with Gasteiger partial charge in [0.15, 0.2) is 5.58 Å². The molecule has 0 amide bonds. The van der Waals surface area contributed by atoms with Crippen LogP contribution in [0, 0.1) is 0 Å². The summed E-state index contributed by atoms with van der Waals surface area (Å²) in [4.78, 5) is 7.16. The molecule has 0 spiro atoms. The highest BCUT2D eigenvalue weighted by Crippen LogP contribution is 2.45. The van der Waals surface area contributed by atoms with Crippen molar-refractivity contribution in [3.8, 4) is 44.8 Å². The Morgan fingerprint density at radius 1 is 0.351 bits per heavy atom. The van der Waals surface area contributed by atoms with Crippen molar-refractivity contribution in [1.29, 1.82) is 0 Å². The predicted octanol–water partition coefficient (Wildman–Crippen LogP) is 15.0. The van der Waals surface area contributed by atoms with Gasteiger partial charge in [-0.2, -0.15) is 0 Å². The molecule has 9 aromatic carbocycles. The number of rotatable bonds is 7. The van der Waals surface area contributed by atoms with E-state index in [0.29, 0.717) is 5.89 Å². The van der Waals surface area contributed by atoms with E-state index in [2.05, 4.69) is 187 Å². The Bertz CT molecular complexity index is 3100. The minimum absolute atomic E-state index is 0.619. The fourth-order valence-corrected chi connectivity index (χ4v) is 8.18. The minimum atomic E-state index is 0.619. The zero-order valence-corrected chi connectivity index (χ0v) is 30.8. The maximum absolute atomic E-state index is 6.72. The number of para-hydroxylation sites is 2. The molecule has 0 atom stereocenters. The summed E-state index contributed by atoms with van der Waals surface area (Å²) >= 11 is 0. The molecule has 0 bridgehead atoms. The van der Waals surface area contributed by atoms with Crippen LogP contribution in [-0.4, -0.2) is 4.98 Å². The van der Waals surface area contributed by atoms with Crippen molar-refractivity contribution in [3.63, 3.8) is 0 Å². The highest BCUT2D eigenvalue weighted by molar-refractivity contribution is 6.14. The third-order valence-electron chi connectivity index (χ3n) is 10.9. The van der Waals surface area contributed by atoms with Crippen molar-refractivity contribution in [2.24, 2.45) is 0 Å². The fourth-order valence-electron chi connectivity index (χ4n) is 8.18. The summed E-state index contributed by atoms with van der Waals surface area (Å²) in [6.45, 7) is 0. The van der Waals surface area contributed by atoms with Gasteiger partial charge in [0.05, 0.1) is 11.1 Å². The number of aromatic nitrogens is 1. The largest absolute Gasteiger partial charge is 0.456 e. The zero-order valence-electron chi connectivity index (χ0n) is 30.8. The third kappa shape index (κ3) is 5.74. The lowest BCUT2D eigenvalue weighted by molar-refractivity contribution is 0.620. The second kappa shape index (κ2) is 13.6. The highest BCUT2D eigenvalue weighted by atomic mass is 16.3. The first-order chi connectivity index (χ1) is 28.2. The lowest BCUT2D eigenvalue weighted by atomic mass is 9.94. The first-order valence-electron chi connectivity index (χ1n) is 19.2. The van der Waals surface area contributed by atoms with E-state index in [4.69, 9.17) is 13.8 Å². The van der Waals surface area contributed by atoms with Gasteiger partial charge in [-0.15, -0.1) is 0 Å². The van der Waals surface area contributed by atoms with Gasteiger partial charge in [-0.05, 0) is 111 Å². The molecule has 2 aromatic heterocycles. The van der Waals surface area contributed by atoms with E-state index < -0.39 is 0 Å². The Morgan fingerprint density at radius 3 is 1.56 bits per heavy atom. The van der Waals surface area contributed by atoms with Gasteiger partial charge in [0, 0.05) is 22.3 Å².